The molecule has 2 heterocycles. The van der Waals surface area contributed by atoms with Crippen LogP contribution >= 0.6 is 12.2 Å². The molecule has 0 radical (unpaired) electrons. The first-order valence-corrected chi connectivity index (χ1v) is 11.5. The molecule has 1 atom stereocenters. The summed E-state index contributed by atoms with van der Waals surface area (Å²) in [5.74, 6) is 0.331. The van der Waals surface area contributed by atoms with Gasteiger partial charge in [0.1, 0.15) is 11.6 Å². The van der Waals surface area contributed by atoms with Crippen molar-refractivity contribution in [3.63, 3.8) is 0 Å². The lowest BCUT2D eigenvalue weighted by molar-refractivity contribution is -0.0285. The number of para-hydroxylation sites is 1. The number of rotatable bonds is 5. The summed E-state index contributed by atoms with van der Waals surface area (Å²) in [5, 5.41) is 3.79. The summed E-state index contributed by atoms with van der Waals surface area (Å²) < 4.78 is 24.4. The van der Waals surface area contributed by atoms with Gasteiger partial charge in [0.2, 0.25) is 0 Å². The Labute approximate surface area is 199 Å². The summed E-state index contributed by atoms with van der Waals surface area (Å²) in [6.45, 7) is 5.69. The molecule has 2 saturated heterocycles. The molecule has 0 spiro atoms. The average Bonchev–Trinajstić information content (AvgIpc) is 2.85. The summed E-state index contributed by atoms with van der Waals surface area (Å²) in [5.41, 5.74) is 1.36. The number of ether oxygens (including phenoxy) is 2. The van der Waals surface area contributed by atoms with Crippen LogP contribution in [0.5, 0.6) is 5.75 Å². The van der Waals surface area contributed by atoms with Gasteiger partial charge in [0.05, 0.1) is 25.4 Å². The van der Waals surface area contributed by atoms with E-state index in [0.29, 0.717) is 49.2 Å². The van der Waals surface area contributed by atoms with E-state index in [1.165, 1.54) is 12.1 Å². The molecular formula is C24H29FN4O3S. The third kappa shape index (κ3) is 5.98. The van der Waals surface area contributed by atoms with Crippen LogP contribution in [0.3, 0.4) is 0 Å². The molecule has 2 fully saturated rings. The summed E-state index contributed by atoms with van der Waals surface area (Å²) in [6, 6.07) is 13.5. The quantitative estimate of drug-likeness (QED) is 0.672. The van der Waals surface area contributed by atoms with E-state index in [1.807, 2.05) is 23.1 Å². The molecule has 1 amide bonds. The van der Waals surface area contributed by atoms with E-state index in [9.17, 15) is 9.18 Å². The Morgan fingerprint density at radius 1 is 1.09 bits per heavy atom. The predicted octanol–water partition coefficient (Wildman–Crippen LogP) is 2.69. The first kappa shape index (κ1) is 23.4. The van der Waals surface area contributed by atoms with Gasteiger partial charge in [-0.25, -0.2) is 4.39 Å². The highest BCUT2D eigenvalue weighted by atomic mass is 32.1. The van der Waals surface area contributed by atoms with Gasteiger partial charge in [-0.1, -0.05) is 12.1 Å². The van der Waals surface area contributed by atoms with Crippen molar-refractivity contribution in [2.24, 2.45) is 0 Å². The van der Waals surface area contributed by atoms with E-state index in [-0.39, 0.29) is 17.8 Å². The molecule has 1 unspecified atom stereocenters. The molecular weight excluding hydrogens is 443 g/mol. The fraction of sp³-hybridized carbons (Fsp3) is 0.417. The fourth-order valence-electron chi connectivity index (χ4n) is 4.16. The molecule has 2 aromatic rings. The fourth-order valence-corrected chi connectivity index (χ4v) is 4.45. The van der Waals surface area contributed by atoms with Crippen LogP contribution in [0, 0.1) is 5.82 Å². The second kappa shape index (κ2) is 10.9. The van der Waals surface area contributed by atoms with Gasteiger partial charge in [0.25, 0.3) is 5.91 Å². The first-order valence-electron chi connectivity index (χ1n) is 11.1. The number of hydrogen-bond acceptors (Lipinski definition) is 5. The van der Waals surface area contributed by atoms with Crippen LogP contribution in [-0.2, 0) is 4.74 Å². The second-order valence-corrected chi connectivity index (χ2v) is 8.56. The number of morpholine rings is 1. The number of halogens is 1. The zero-order valence-corrected chi connectivity index (χ0v) is 19.5. The molecule has 0 saturated carbocycles. The minimum absolute atomic E-state index is 0.00408. The van der Waals surface area contributed by atoms with Crippen LogP contribution < -0.4 is 10.1 Å². The lowest BCUT2D eigenvalue weighted by Crippen LogP contribution is -2.54. The maximum atomic E-state index is 13.1. The molecule has 0 aliphatic carbocycles. The van der Waals surface area contributed by atoms with Crippen LogP contribution in [0.1, 0.15) is 10.4 Å². The maximum absolute atomic E-state index is 13.1. The van der Waals surface area contributed by atoms with Crippen molar-refractivity contribution in [2.45, 2.75) is 6.10 Å². The molecule has 7 nitrogen and oxygen atoms in total. The van der Waals surface area contributed by atoms with Gasteiger partial charge in [-0.3, -0.25) is 9.69 Å². The molecule has 1 N–H and O–H groups in total. The van der Waals surface area contributed by atoms with Crippen molar-refractivity contribution in [1.82, 2.24) is 14.7 Å². The zero-order chi connectivity index (χ0) is 23.2. The number of carbonyl (C=O) groups excluding carboxylic acids is 1. The second-order valence-electron chi connectivity index (χ2n) is 8.17. The minimum Gasteiger partial charge on any atom is -0.496 e. The van der Waals surface area contributed by atoms with Crippen molar-refractivity contribution in [1.29, 1.82) is 0 Å². The van der Waals surface area contributed by atoms with Crippen molar-refractivity contribution in [3.8, 4) is 5.75 Å². The number of amides is 1. The maximum Gasteiger partial charge on any atom is 0.257 e. The van der Waals surface area contributed by atoms with Crippen molar-refractivity contribution >= 4 is 28.9 Å². The van der Waals surface area contributed by atoms with Crippen LogP contribution in [-0.4, -0.2) is 91.4 Å². The Hall–Kier alpha value is -2.75. The number of nitrogens with zero attached hydrogens (tertiary/aromatic N) is 3. The molecule has 9 heteroatoms. The largest absolute Gasteiger partial charge is 0.496 e. The van der Waals surface area contributed by atoms with E-state index in [4.69, 9.17) is 21.7 Å². The average molecular weight is 473 g/mol. The highest BCUT2D eigenvalue weighted by molar-refractivity contribution is 7.80. The normalized spacial score (nSPS) is 19.3. The topological polar surface area (TPSA) is 57.3 Å². The monoisotopic (exact) mass is 472 g/mol. The molecule has 2 aliphatic heterocycles. The highest BCUT2D eigenvalue weighted by Crippen LogP contribution is 2.20. The Kier molecular flexibility index (Phi) is 7.74. The number of anilines is 1. The van der Waals surface area contributed by atoms with Crippen molar-refractivity contribution in [2.75, 3.05) is 64.8 Å². The molecule has 2 aromatic carbocycles. The van der Waals surface area contributed by atoms with Gasteiger partial charge in [0, 0.05) is 51.5 Å². The number of methoxy groups -OCH3 is 1. The Morgan fingerprint density at radius 2 is 1.82 bits per heavy atom. The number of hydrogen-bond donors (Lipinski definition) is 1. The Balaban J connectivity index is 1.25. The summed E-state index contributed by atoms with van der Waals surface area (Å²) in [4.78, 5) is 19.2. The third-order valence-electron chi connectivity index (χ3n) is 5.98. The number of nitrogens with one attached hydrogen (secondary N) is 1. The van der Waals surface area contributed by atoms with Crippen molar-refractivity contribution < 1.29 is 18.7 Å². The number of piperazine rings is 1. The Bertz CT molecular complexity index is 966. The zero-order valence-electron chi connectivity index (χ0n) is 18.7. The lowest BCUT2D eigenvalue weighted by Gasteiger charge is -2.40. The lowest BCUT2D eigenvalue weighted by atomic mass is 10.1. The predicted molar refractivity (Wildman–Crippen MR) is 129 cm³/mol. The van der Waals surface area contributed by atoms with Crippen molar-refractivity contribution in [3.05, 3.63) is 59.9 Å². The van der Waals surface area contributed by atoms with Gasteiger partial charge >= 0.3 is 0 Å². The molecule has 0 aromatic heterocycles. The van der Waals surface area contributed by atoms with Crippen LogP contribution in [0.15, 0.2) is 48.5 Å². The van der Waals surface area contributed by atoms with Gasteiger partial charge < -0.3 is 24.6 Å². The highest BCUT2D eigenvalue weighted by Gasteiger charge is 2.28. The van der Waals surface area contributed by atoms with E-state index in [0.717, 1.165) is 25.3 Å². The van der Waals surface area contributed by atoms with E-state index >= 15 is 0 Å². The number of thiocarbonyl (C=S) groups is 1. The molecule has 4 rings (SSSR count). The van der Waals surface area contributed by atoms with Crippen LogP contribution in [0.4, 0.5) is 10.1 Å². The molecule has 2 aliphatic rings. The van der Waals surface area contributed by atoms with Gasteiger partial charge in [0.15, 0.2) is 5.11 Å². The first-order chi connectivity index (χ1) is 16.0. The summed E-state index contributed by atoms with van der Waals surface area (Å²) in [7, 11) is 1.58. The number of carbonyl (C=O) groups is 1. The van der Waals surface area contributed by atoms with E-state index < -0.39 is 0 Å². The third-order valence-corrected chi connectivity index (χ3v) is 6.34. The Morgan fingerprint density at radius 3 is 2.55 bits per heavy atom. The van der Waals surface area contributed by atoms with Crippen LogP contribution in [0.25, 0.3) is 0 Å². The van der Waals surface area contributed by atoms with Crippen LogP contribution in [0.2, 0.25) is 0 Å². The van der Waals surface area contributed by atoms with E-state index in [2.05, 4.69) is 15.1 Å². The standard InChI is InChI=1S/C24H29FN4O3S/c1-31-22-5-3-2-4-21(22)23(30)28-12-10-27(11-13-28)16-20-17-29(14-15-32-20)24(33)26-19-8-6-18(25)7-9-19/h2-9,20H,10-17H2,1H3,(H,26,33). The molecule has 0 bridgehead atoms. The summed E-state index contributed by atoms with van der Waals surface area (Å²) >= 11 is 5.55. The minimum atomic E-state index is -0.275. The molecule has 33 heavy (non-hydrogen) atoms. The van der Waals surface area contributed by atoms with Gasteiger partial charge in [-0.15, -0.1) is 0 Å². The number of benzene rings is 2. The SMILES string of the molecule is COc1ccccc1C(=O)N1CCN(CC2CN(C(=S)Nc3ccc(F)cc3)CCO2)CC1. The molecule has 176 valence electrons. The van der Waals surface area contributed by atoms with Gasteiger partial charge in [-0.2, -0.15) is 0 Å². The van der Waals surface area contributed by atoms with E-state index in [1.54, 1.807) is 25.3 Å². The smallest absolute Gasteiger partial charge is 0.257 e. The van der Waals surface area contributed by atoms with Gasteiger partial charge in [-0.05, 0) is 48.6 Å². The summed E-state index contributed by atoms with van der Waals surface area (Å²) in [6.07, 6.45) is 0.0307.